The molecule has 2 rings (SSSR count). The molecule has 2 aromatic heterocycles. The molecule has 88 valence electrons. The lowest BCUT2D eigenvalue weighted by atomic mass is 10.3. The highest BCUT2D eigenvalue weighted by molar-refractivity contribution is 5.92. The monoisotopic (exact) mass is 233 g/mol. The Bertz CT molecular complexity index is 480. The number of amides is 1. The standard InChI is InChI=1S/C10H11N5O2/c11-13-9-2-1-8(14-15-9)10(16)12-5-7-3-4-17-6-7/h1-4,6H,5,11H2,(H,12,16)(H,13,15). The van der Waals surface area contributed by atoms with Gasteiger partial charge in [-0.2, -0.15) is 0 Å². The Kier molecular flexibility index (Phi) is 3.31. The summed E-state index contributed by atoms with van der Waals surface area (Å²) in [5.74, 6) is 5.23. The van der Waals surface area contributed by atoms with Crippen molar-refractivity contribution >= 4 is 11.7 Å². The molecular weight excluding hydrogens is 222 g/mol. The van der Waals surface area contributed by atoms with E-state index in [0.717, 1.165) is 5.56 Å². The molecule has 2 heterocycles. The van der Waals surface area contributed by atoms with Crippen LogP contribution in [0.3, 0.4) is 0 Å². The first kappa shape index (κ1) is 11.1. The number of rotatable bonds is 4. The van der Waals surface area contributed by atoms with Gasteiger partial charge in [0.25, 0.3) is 5.91 Å². The second-order valence-electron chi connectivity index (χ2n) is 3.26. The third-order valence-corrected chi connectivity index (χ3v) is 2.08. The molecule has 0 fully saturated rings. The number of hydrazine groups is 1. The molecule has 0 aliphatic rings. The van der Waals surface area contributed by atoms with Gasteiger partial charge in [0.15, 0.2) is 11.5 Å². The Hall–Kier alpha value is -2.41. The van der Waals surface area contributed by atoms with Crippen LogP contribution in [0.4, 0.5) is 5.82 Å². The lowest BCUT2D eigenvalue weighted by Gasteiger charge is -2.02. The summed E-state index contributed by atoms with van der Waals surface area (Å²) >= 11 is 0. The number of hydrogen-bond donors (Lipinski definition) is 3. The lowest BCUT2D eigenvalue weighted by molar-refractivity contribution is 0.0945. The molecule has 7 heteroatoms. The summed E-state index contributed by atoms with van der Waals surface area (Å²) in [6, 6.07) is 4.88. The zero-order valence-corrected chi connectivity index (χ0v) is 8.88. The van der Waals surface area contributed by atoms with E-state index < -0.39 is 0 Å². The molecule has 0 bridgehead atoms. The van der Waals surface area contributed by atoms with Gasteiger partial charge in [-0.05, 0) is 18.2 Å². The fraction of sp³-hybridized carbons (Fsp3) is 0.100. The summed E-state index contributed by atoms with van der Waals surface area (Å²) < 4.78 is 4.88. The van der Waals surface area contributed by atoms with E-state index in [2.05, 4.69) is 20.9 Å². The topological polar surface area (TPSA) is 106 Å². The predicted octanol–water partition coefficient (Wildman–Crippen LogP) is 0.285. The molecular formula is C10H11N5O2. The molecule has 0 aliphatic heterocycles. The average Bonchev–Trinajstić information content (AvgIpc) is 2.89. The molecule has 0 saturated carbocycles. The molecule has 0 spiro atoms. The molecule has 0 atom stereocenters. The van der Waals surface area contributed by atoms with Crippen LogP contribution in [0.5, 0.6) is 0 Å². The molecule has 0 radical (unpaired) electrons. The maximum atomic E-state index is 11.6. The summed E-state index contributed by atoms with van der Waals surface area (Å²) in [5.41, 5.74) is 3.44. The Labute approximate surface area is 97.0 Å². The zero-order valence-electron chi connectivity index (χ0n) is 8.88. The molecule has 0 saturated heterocycles. The van der Waals surface area contributed by atoms with Crippen LogP contribution in [0.1, 0.15) is 16.1 Å². The van der Waals surface area contributed by atoms with Gasteiger partial charge >= 0.3 is 0 Å². The molecule has 0 aromatic carbocycles. The van der Waals surface area contributed by atoms with Crippen molar-refractivity contribution in [2.24, 2.45) is 5.84 Å². The van der Waals surface area contributed by atoms with Gasteiger partial charge in [-0.25, -0.2) is 5.84 Å². The number of nitrogen functional groups attached to an aromatic ring is 1. The van der Waals surface area contributed by atoms with E-state index in [4.69, 9.17) is 10.3 Å². The first-order valence-electron chi connectivity index (χ1n) is 4.89. The van der Waals surface area contributed by atoms with Gasteiger partial charge in [-0.3, -0.25) is 4.79 Å². The van der Waals surface area contributed by atoms with E-state index in [-0.39, 0.29) is 11.6 Å². The summed E-state index contributed by atoms with van der Waals surface area (Å²) in [7, 11) is 0. The largest absolute Gasteiger partial charge is 0.472 e. The summed E-state index contributed by atoms with van der Waals surface area (Å²) in [6.07, 6.45) is 3.11. The number of furan rings is 1. The summed E-state index contributed by atoms with van der Waals surface area (Å²) in [4.78, 5) is 11.6. The number of nitrogens with zero attached hydrogens (tertiary/aromatic N) is 2. The van der Waals surface area contributed by atoms with Crippen molar-refractivity contribution in [2.45, 2.75) is 6.54 Å². The van der Waals surface area contributed by atoms with Crippen molar-refractivity contribution in [3.8, 4) is 0 Å². The zero-order chi connectivity index (χ0) is 12.1. The lowest BCUT2D eigenvalue weighted by Crippen LogP contribution is -2.24. The molecule has 1 amide bonds. The number of carbonyl (C=O) groups is 1. The second-order valence-corrected chi connectivity index (χ2v) is 3.26. The smallest absolute Gasteiger partial charge is 0.272 e. The minimum absolute atomic E-state index is 0.229. The molecule has 0 unspecified atom stereocenters. The van der Waals surface area contributed by atoms with E-state index in [1.54, 1.807) is 24.7 Å². The second kappa shape index (κ2) is 5.08. The van der Waals surface area contributed by atoms with Gasteiger partial charge in [0.2, 0.25) is 0 Å². The Morgan fingerprint density at radius 3 is 2.82 bits per heavy atom. The third-order valence-electron chi connectivity index (χ3n) is 2.08. The fourth-order valence-electron chi connectivity index (χ4n) is 1.20. The van der Waals surface area contributed by atoms with Crippen molar-refractivity contribution in [3.05, 3.63) is 42.0 Å². The van der Waals surface area contributed by atoms with E-state index >= 15 is 0 Å². The van der Waals surface area contributed by atoms with E-state index in [9.17, 15) is 4.79 Å². The van der Waals surface area contributed by atoms with Gasteiger partial charge < -0.3 is 15.2 Å². The van der Waals surface area contributed by atoms with Crippen LogP contribution in [0.25, 0.3) is 0 Å². The Morgan fingerprint density at radius 1 is 1.35 bits per heavy atom. The van der Waals surface area contributed by atoms with E-state index in [0.29, 0.717) is 12.4 Å². The van der Waals surface area contributed by atoms with Crippen LogP contribution < -0.4 is 16.6 Å². The van der Waals surface area contributed by atoms with E-state index in [1.807, 2.05) is 0 Å². The molecule has 4 N–H and O–H groups in total. The number of nitrogens with one attached hydrogen (secondary N) is 2. The van der Waals surface area contributed by atoms with Crippen molar-refractivity contribution in [1.82, 2.24) is 15.5 Å². The Balaban J connectivity index is 1.95. The predicted molar refractivity (Wildman–Crippen MR) is 59.7 cm³/mol. The SMILES string of the molecule is NNc1ccc(C(=O)NCc2ccoc2)nn1. The quantitative estimate of drug-likeness (QED) is 0.517. The summed E-state index contributed by atoms with van der Waals surface area (Å²) in [5, 5.41) is 10.1. The van der Waals surface area contributed by atoms with Crippen molar-refractivity contribution < 1.29 is 9.21 Å². The average molecular weight is 233 g/mol. The minimum Gasteiger partial charge on any atom is -0.472 e. The van der Waals surface area contributed by atoms with Gasteiger partial charge in [-0.15, -0.1) is 10.2 Å². The van der Waals surface area contributed by atoms with Crippen molar-refractivity contribution in [1.29, 1.82) is 0 Å². The van der Waals surface area contributed by atoms with Gasteiger partial charge in [-0.1, -0.05) is 0 Å². The number of aromatic nitrogens is 2. The van der Waals surface area contributed by atoms with E-state index in [1.165, 1.54) is 6.07 Å². The normalized spacial score (nSPS) is 9.94. The van der Waals surface area contributed by atoms with Gasteiger partial charge in [0, 0.05) is 12.1 Å². The van der Waals surface area contributed by atoms with Crippen LogP contribution >= 0.6 is 0 Å². The fourth-order valence-corrected chi connectivity index (χ4v) is 1.20. The maximum absolute atomic E-state index is 11.6. The minimum atomic E-state index is -0.303. The Morgan fingerprint density at radius 2 is 2.24 bits per heavy atom. The molecule has 0 aliphatic carbocycles. The highest BCUT2D eigenvalue weighted by atomic mass is 16.3. The maximum Gasteiger partial charge on any atom is 0.272 e. The first-order chi connectivity index (χ1) is 8.29. The molecule has 2 aromatic rings. The number of anilines is 1. The first-order valence-corrected chi connectivity index (χ1v) is 4.89. The highest BCUT2D eigenvalue weighted by Gasteiger charge is 2.07. The molecule has 17 heavy (non-hydrogen) atoms. The summed E-state index contributed by atoms with van der Waals surface area (Å²) in [6.45, 7) is 0.383. The van der Waals surface area contributed by atoms with Crippen molar-refractivity contribution in [2.75, 3.05) is 5.43 Å². The van der Waals surface area contributed by atoms with Crippen LogP contribution in [0, 0.1) is 0 Å². The van der Waals surface area contributed by atoms with Gasteiger partial charge in [0.1, 0.15) is 0 Å². The van der Waals surface area contributed by atoms with Crippen LogP contribution in [-0.4, -0.2) is 16.1 Å². The number of nitrogens with two attached hydrogens (primary N) is 1. The van der Waals surface area contributed by atoms with Crippen LogP contribution in [-0.2, 0) is 6.54 Å². The van der Waals surface area contributed by atoms with Crippen LogP contribution in [0.2, 0.25) is 0 Å². The van der Waals surface area contributed by atoms with Gasteiger partial charge in [0.05, 0.1) is 12.5 Å². The molecule has 7 nitrogen and oxygen atoms in total. The number of carbonyl (C=O) groups excluding carboxylic acids is 1. The highest BCUT2D eigenvalue weighted by Crippen LogP contribution is 2.02. The third kappa shape index (κ3) is 2.79. The van der Waals surface area contributed by atoms with Crippen LogP contribution in [0.15, 0.2) is 35.1 Å². The number of hydrogen-bond acceptors (Lipinski definition) is 6. The van der Waals surface area contributed by atoms with Crippen molar-refractivity contribution in [3.63, 3.8) is 0 Å².